The Hall–Kier alpha value is -1.62. The molecule has 10 radical (unpaired) electrons. The van der Waals surface area contributed by atoms with Crippen molar-refractivity contribution in [2.45, 2.75) is 40.3 Å². The maximum atomic E-state index is 5.94. The van der Waals surface area contributed by atoms with E-state index in [0.29, 0.717) is 5.66 Å². The number of benzene rings is 2. The zero-order valence-corrected chi connectivity index (χ0v) is 27.1. The van der Waals surface area contributed by atoms with E-state index in [0.717, 1.165) is 11.0 Å². The van der Waals surface area contributed by atoms with Gasteiger partial charge in [0, 0.05) is 30.6 Å². The first-order chi connectivity index (χ1) is 19.4. The Kier molecular flexibility index (Phi) is 12.0. The minimum absolute atomic E-state index is 0. The summed E-state index contributed by atoms with van der Waals surface area (Å²) in [6.45, 7) is 11.2. The summed E-state index contributed by atoms with van der Waals surface area (Å²) in [6, 6.07) is 22.2. The molecule has 41 heavy (non-hydrogen) atoms. The molecular formula is C36H36FeO2P2. The molecule has 5 heteroatoms. The van der Waals surface area contributed by atoms with Crippen molar-refractivity contribution in [3.05, 3.63) is 158 Å². The molecule has 2 nitrogen and oxygen atoms in total. The third kappa shape index (κ3) is 8.06. The Morgan fingerprint density at radius 2 is 1.02 bits per heavy atom. The monoisotopic (exact) mass is 618 g/mol. The van der Waals surface area contributed by atoms with Crippen molar-refractivity contribution in [2.75, 3.05) is 0 Å². The van der Waals surface area contributed by atoms with Crippen LogP contribution in [0.5, 0.6) is 0 Å². The fourth-order valence-electron chi connectivity index (χ4n) is 5.36. The smallest absolute Gasteiger partial charge is 0.133 e. The summed E-state index contributed by atoms with van der Waals surface area (Å²) in [4.78, 5) is 0. The molecule has 2 saturated carbocycles. The van der Waals surface area contributed by atoms with E-state index < -0.39 is 15.8 Å². The van der Waals surface area contributed by atoms with Gasteiger partial charge in [-0.05, 0) is 133 Å². The molecule has 2 fully saturated rings. The largest absolute Gasteiger partial charge is 0.464 e. The average molecular weight is 618 g/mol. The van der Waals surface area contributed by atoms with Crippen molar-refractivity contribution in [3.63, 3.8) is 0 Å². The Balaban J connectivity index is 0.000000584. The van der Waals surface area contributed by atoms with Gasteiger partial charge >= 0.3 is 0 Å². The van der Waals surface area contributed by atoms with Crippen molar-refractivity contribution >= 4 is 37.5 Å². The van der Waals surface area contributed by atoms with Gasteiger partial charge in [0.2, 0.25) is 0 Å². The molecule has 0 spiro atoms. The number of furan rings is 2. The second-order valence-electron chi connectivity index (χ2n) is 10.3. The topological polar surface area (TPSA) is 26.3 Å². The van der Waals surface area contributed by atoms with E-state index in [4.69, 9.17) is 8.83 Å². The van der Waals surface area contributed by atoms with Gasteiger partial charge in [0.15, 0.2) is 0 Å². The van der Waals surface area contributed by atoms with E-state index in [-0.39, 0.29) is 17.1 Å². The van der Waals surface area contributed by atoms with Crippen LogP contribution in [0.25, 0.3) is 0 Å². The first kappa shape index (κ1) is 32.3. The van der Waals surface area contributed by atoms with Crippen LogP contribution in [-0.4, -0.2) is 5.66 Å². The third-order valence-corrected chi connectivity index (χ3v) is 11.8. The Morgan fingerprint density at radius 1 is 0.585 bits per heavy atom. The molecule has 0 bridgehead atoms. The van der Waals surface area contributed by atoms with Gasteiger partial charge in [-0.25, -0.2) is 0 Å². The van der Waals surface area contributed by atoms with Crippen molar-refractivity contribution < 1.29 is 25.9 Å². The molecule has 2 aromatic carbocycles. The summed E-state index contributed by atoms with van der Waals surface area (Å²) in [5.41, 5.74) is 8.86. The van der Waals surface area contributed by atoms with Gasteiger partial charge in [0.1, 0.15) is 11.0 Å². The van der Waals surface area contributed by atoms with Gasteiger partial charge in [-0.15, -0.1) is 0 Å². The quantitative estimate of drug-likeness (QED) is 0.156. The summed E-state index contributed by atoms with van der Waals surface area (Å²) in [5.74, 6) is 1.38. The van der Waals surface area contributed by atoms with E-state index >= 15 is 0 Å². The van der Waals surface area contributed by atoms with E-state index in [1.807, 2.05) is 44.2 Å². The van der Waals surface area contributed by atoms with Gasteiger partial charge in [0.05, 0.1) is 12.5 Å². The number of rotatable bonds is 7. The van der Waals surface area contributed by atoms with Crippen LogP contribution in [0.15, 0.2) is 82.0 Å². The zero-order chi connectivity index (χ0) is 28.1. The minimum atomic E-state index is -0.899. The van der Waals surface area contributed by atoms with Crippen molar-refractivity contribution in [3.8, 4) is 0 Å². The van der Waals surface area contributed by atoms with Gasteiger partial charge in [-0.3, -0.25) is 0 Å². The van der Waals surface area contributed by atoms with E-state index in [1.54, 1.807) is 12.5 Å². The number of hydrogen-bond donors (Lipinski definition) is 0. The van der Waals surface area contributed by atoms with Crippen LogP contribution < -0.4 is 21.6 Å². The molecule has 2 aliphatic rings. The van der Waals surface area contributed by atoms with Gasteiger partial charge in [-0.2, -0.15) is 0 Å². The SMILES string of the molecule is Cc1cc(C)cc(P(c2cc(C)cc(C)c2)C(C)[C]2[CH][CH][CH][C]2P(c2ccco2)c2ccco2)c1.[CH]1[CH][CH][CH][CH]1.[Fe]. The Labute approximate surface area is 261 Å². The van der Waals surface area contributed by atoms with E-state index in [2.05, 4.69) is 102 Å². The molecule has 2 aliphatic carbocycles. The molecule has 2 heterocycles. The molecule has 1 atom stereocenters. The summed E-state index contributed by atoms with van der Waals surface area (Å²) < 4.78 is 11.9. The molecular weight excluding hydrogens is 582 g/mol. The average Bonchev–Trinajstić information content (AvgIpc) is 3.74. The van der Waals surface area contributed by atoms with Crippen LogP contribution >= 0.6 is 15.8 Å². The summed E-state index contributed by atoms with van der Waals surface area (Å²) in [7, 11) is -1.53. The van der Waals surface area contributed by atoms with Gasteiger partial charge in [-0.1, -0.05) is 65.6 Å². The summed E-state index contributed by atoms with van der Waals surface area (Å²) in [6.07, 6.45) is 20.3. The predicted molar refractivity (Wildman–Crippen MR) is 172 cm³/mol. The molecule has 4 aromatic rings. The molecule has 0 N–H and O–H groups in total. The first-order valence-electron chi connectivity index (χ1n) is 13.7. The van der Waals surface area contributed by atoms with Crippen molar-refractivity contribution in [2.24, 2.45) is 0 Å². The summed E-state index contributed by atoms with van der Waals surface area (Å²) >= 11 is 0. The molecule has 0 saturated heterocycles. The van der Waals surface area contributed by atoms with E-state index in [1.165, 1.54) is 44.4 Å². The third-order valence-electron chi connectivity index (χ3n) is 6.88. The van der Waals surface area contributed by atoms with Crippen LogP contribution in [0.2, 0.25) is 0 Å². The second kappa shape index (κ2) is 15.2. The van der Waals surface area contributed by atoms with Crippen LogP contribution in [-0.2, 0) is 17.1 Å². The van der Waals surface area contributed by atoms with Crippen molar-refractivity contribution in [1.82, 2.24) is 0 Å². The Bertz CT molecular complexity index is 1210. The molecule has 0 aliphatic heterocycles. The van der Waals surface area contributed by atoms with Crippen LogP contribution in [0.4, 0.5) is 0 Å². The molecule has 6 rings (SSSR count). The predicted octanol–water partition coefficient (Wildman–Crippen LogP) is 7.81. The standard InChI is InChI=1S/C31H31O2P2.C5H5.Fe/c1-21-15-22(2)18-26(17-21)34(27-19-23(3)16-24(4)20-27)25(5)28-9-6-10-29(28)35(30-11-7-13-32-30)31-12-8-14-33-31;1-2-4-5-3-1;/h6-20,25H,1-5H3;1-5H;. The normalized spacial score (nSPS) is 16.6. The van der Waals surface area contributed by atoms with Crippen LogP contribution in [0.3, 0.4) is 0 Å². The number of aryl methyl sites for hydroxylation is 4. The first-order valence-corrected chi connectivity index (χ1v) is 16.4. The Morgan fingerprint density at radius 3 is 1.41 bits per heavy atom. The molecule has 0 amide bonds. The van der Waals surface area contributed by atoms with Gasteiger partial charge < -0.3 is 8.83 Å². The number of hydrogen-bond acceptors (Lipinski definition) is 2. The van der Waals surface area contributed by atoms with E-state index in [9.17, 15) is 0 Å². The van der Waals surface area contributed by atoms with Crippen LogP contribution in [0.1, 0.15) is 29.2 Å². The van der Waals surface area contributed by atoms with Crippen molar-refractivity contribution in [1.29, 1.82) is 0 Å². The maximum absolute atomic E-state index is 5.94. The van der Waals surface area contributed by atoms with Gasteiger partial charge in [0.25, 0.3) is 0 Å². The fraction of sp³-hybridized carbons (Fsp3) is 0.167. The summed E-state index contributed by atoms with van der Waals surface area (Å²) in [5, 5.41) is 2.87. The van der Waals surface area contributed by atoms with Crippen LogP contribution in [0, 0.1) is 90.6 Å². The second-order valence-corrected chi connectivity index (χ2v) is 14.9. The molecule has 210 valence electrons. The zero-order valence-electron chi connectivity index (χ0n) is 24.2. The molecule has 1 unspecified atom stereocenters. The maximum Gasteiger partial charge on any atom is 0.133 e. The fourth-order valence-corrected chi connectivity index (χ4v) is 10.8. The minimum Gasteiger partial charge on any atom is -0.464 e. The molecule has 2 aromatic heterocycles.